The summed E-state index contributed by atoms with van der Waals surface area (Å²) in [7, 11) is 0. The van der Waals surface area contributed by atoms with Gasteiger partial charge in [0.15, 0.2) is 5.58 Å². The number of piperazine rings is 1. The van der Waals surface area contributed by atoms with Gasteiger partial charge in [-0.05, 0) is 30.2 Å². The van der Waals surface area contributed by atoms with Gasteiger partial charge in [-0.2, -0.15) is 4.98 Å². The maximum absolute atomic E-state index is 12.9. The number of nitrogens with two attached hydrogens (primary N) is 1. The molecule has 2 atom stereocenters. The SMILES string of the molecule is Cc1ccc2oc(N3CCN(C(=O)C(C)C(N)c4ccccc4)CC3)nc2c1.Cl.Cl. The van der Waals surface area contributed by atoms with E-state index in [0.717, 1.165) is 22.2 Å². The molecule has 1 aromatic heterocycles. The molecule has 2 heterocycles. The highest BCUT2D eigenvalue weighted by Crippen LogP contribution is 2.25. The zero-order valence-corrected chi connectivity index (χ0v) is 18.8. The molecule has 8 heteroatoms. The molecular formula is C22H28Cl2N4O2. The van der Waals surface area contributed by atoms with Gasteiger partial charge in [0.1, 0.15) is 5.52 Å². The van der Waals surface area contributed by atoms with Gasteiger partial charge in [-0.3, -0.25) is 4.79 Å². The van der Waals surface area contributed by atoms with Gasteiger partial charge in [0, 0.05) is 32.2 Å². The van der Waals surface area contributed by atoms with Gasteiger partial charge in [0.25, 0.3) is 6.01 Å². The minimum absolute atomic E-state index is 0. The van der Waals surface area contributed by atoms with Gasteiger partial charge < -0.3 is 20.0 Å². The number of halogens is 2. The minimum Gasteiger partial charge on any atom is -0.423 e. The molecule has 162 valence electrons. The Hall–Kier alpha value is -2.28. The van der Waals surface area contributed by atoms with Crippen molar-refractivity contribution in [2.75, 3.05) is 31.1 Å². The molecule has 1 aliphatic heterocycles. The number of amides is 1. The van der Waals surface area contributed by atoms with E-state index in [1.165, 1.54) is 0 Å². The van der Waals surface area contributed by atoms with Crippen LogP contribution in [0.1, 0.15) is 24.1 Å². The van der Waals surface area contributed by atoms with Crippen LogP contribution in [0, 0.1) is 12.8 Å². The molecule has 2 unspecified atom stereocenters. The van der Waals surface area contributed by atoms with Crippen molar-refractivity contribution < 1.29 is 9.21 Å². The Morgan fingerprint density at radius 3 is 2.40 bits per heavy atom. The summed E-state index contributed by atoms with van der Waals surface area (Å²) in [4.78, 5) is 21.5. The maximum atomic E-state index is 12.9. The van der Waals surface area contributed by atoms with E-state index in [-0.39, 0.29) is 42.7 Å². The van der Waals surface area contributed by atoms with Crippen LogP contribution in [0.3, 0.4) is 0 Å². The number of carbonyl (C=O) groups excluding carboxylic acids is 1. The van der Waals surface area contributed by atoms with E-state index in [1.807, 2.05) is 67.3 Å². The normalized spacial score (nSPS) is 15.8. The number of benzene rings is 2. The number of oxazole rings is 1. The van der Waals surface area contributed by atoms with Crippen LogP contribution in [-0.2, 0) is 4.79 Å². The predicted molar refractivity (Wildman–Crippen MR) is 125 cm³/mol. The molecule has 0 aliphatic carbocycles. The molecule has 1 saturated heterocycles. The quantitative estimate of drug-likeness (QED) is 0.650. The molecule has 30 heavy (non-hydrogen) atoms. The fourth-order valence-corrected chi connectivity index (χ4v) is 3.68. The molecule has 0 radical (unpaired) electrons. The molecule has 0 spiro atoms. The third kappa shape index (κ3) is 4.89. The molecule has 6 nitrogen and oxygen atoms in total. The Kier molecular flexibility index (Phi) is 8.12. The molecule has 1 amide bonds. The third-order valence-corrected chi connectivity index (χ3v) is 5.51. The lowest BCUT2D eigenvalue weighted by Crippen LogP contribution is -2.51. The van der Waals surface area contributed by atoms with Crippen LogP contribution in [0.5, 0.6) is 0 Å². The fraction of sp³-hybridized carbons (Fsp3) is 0.364. The van der Waals surface area contributed by atoms with Crippen molar-refractivity contribution >= 4 is 47.8 Å². The zero-order valence-electron chi connectivity index (χ0n) is 17.2. The van der Waals surface area contributed by atoms with Gasteiger partial charge in [-0.25, -0.2) is 0 Å². The Labute approximate surface area is 189 Å². The van der Waals surface area contributed by atoms with Crippen molar-refractivity contribution in [1.29, 1.82) is 0 Å². The highest BCUT2D eigenvalue weighted by molar-refractivity contribution is 5.85. The van der Waals surface area contributed by atoms with E-state index in [4.69, 9.17) is 10.2 Å². The summed E-state index contributed by atoms with van der Waals surface area (Å²) in [6, 6.07) is 16.1. The van der Waals surface area contributed by atoms with Crippen LogP contribution >= 0.6 is 24.8 Å². The van der Waals surface area contributed by atoms with Crippen molar-refractivity contribution in [2.24, 2.45) is 11.7 Å². The first-order chi connectivity index (χ1) is 13.5. The number of carbonyl (C=O) groups is 1. The van der Waals surface area contributed by atoms with E-state index in [0.29, 0.717) is 32.2 Å². The molecule has 2 aromatic carbocycles. The molecule has 4 rings (SSSR count). The summed E-state index contributed by atoms with van der Waals surface area (Å²) in [5, 5.41) is 0. The molecule has 3 aromatic rings. The first-order valence-electron chi connectivity index (χ1n) is 9.74. The van der Waals surface area contributed by atoms with Gasteiger partial charge in [0.05, 0.1) is 5.92 Å². The largest absolute Gasteiger partial charge is 0.423 e. The van der Waals surface area contributed by atoms with Gasteiger partial charge >= 0.3 is 0 Å². The lowest BCUT2D eigenvalue weighted by molar-refractivity contribution is -0.136. The van der Waals surface area contributed by atoms with E-state index >= 15 is 0 Å². The van der Waals surface area contributed by atoms with Crippen molar-refractivity contribution in [3.8, 4) is 0 Å². The Morgan fingerprint density at radius 1 is 1.07 bits per heavy atom. The number of nitrogens with zero attached hydrogens (tertiary/aromatic N) is 3. The number of hydrogen-bond donors (Lipinski definition) is 1. The lowest BCUT2D eigenvalue weighted by atomic mass is 9.94. The molecule has 2 N–H and O–H groups in total. The van der Waals surface area contributed by atoms with Crippen LogP contribution in [0.25, 0.3) is 11.1 Å². The van der Waals surface area contributed by atoms with Crippen LogP contribution < -0.4 is 10.6 Å². The van der Waals surface area contributed by atoms with Crippen molar-refractivity contribution in [3.63, 3.8) is 0 Å². The second-order valence-electron chi connectivity index (χ2n) is 7.51. The summed E-state index contributed by atoms with van der Waals surface area (Å²) in [5.41, 5.74) is 10.1. The summed E-state index contributed by atoms with van der Waals surface area (Å²) >= 11 is 0. The molecular weight excluding hydrogens is 423 g/mol. The first kappa shape index (κ1) is 24.0. The number of fused-ring (bicyclic) bond motifs is 1. The Bertz CT molecular complexity index is 972. The highest BCUT2D eigenvalue weighted by atomic mass is 35.5. The number of hydrogen-bond acceptors (Lipinski definition) is 5. The average Bonchev–Trinajstić information content (AvgIpc) is 3.16. The van der Waals surface area contributed by atoms with Crippen molar-refractivity contribution in [2.45, 2.75) is 19.9 Å². The van der Waals surface area contributed by atoms with Gasteiger partial charge in [-0.1, -0.05) is 43.3 Å². The average molecular weight is 451 g/mol. The zero-order chi connectivity index (χ0) is 19.7. The van der Waals surface area contributed by atoms with Crippen LogP contribution in [0.2, 0.25) is 0 Å². The summed E-state index contributed by atoms with van der Waals surface area (Å²) < 4.78 is 5.89. The summed E-state index contributed by atoms with van der Waals surface area (Å²) in [6.45, 7) is 6.63. The first-order valence-corrected chi connectivity index (χ1v) is 9.74. The number of aromatic nitrogens is 1. The topological polar surface area (TPSA) is 75.6 Å². The molecule has 1 fully saturated rings. The predicted octanol–water partition coefficient (Wildman–Crippen LogP) is 3.96. The van der Waals surface area contributed by atoms with Gasteiger partial charge in [-0.15, -0.1) is 24.8 Å². The summed E-state index contributed by atoms with van der Waals surface area (Å²) in [5.74, 6) is -0.162. The lowest BCUT2D eigenvalue weighted by Gasteiger charge is -2.36. The fourth-order valence-electron chi connectivity index (χ4n) is 3.68. The smallest absolute Gasteiger partial charge is 0.298 e. The minimum atomic E-state index is -0.299. The Morgan fingerprint density at radius 2 is 1.73 bits per heavy atom. The molecule has 0 saturated carbocycles. The van der Waals surface area contributed by atoms with Crippen LogP contribution in [0.4, 0.5) is 6.01 Å². The van der Waals surface area contributed by atoms with Crippen molar-refractivity contribution in [3.05, 3.63) is 59.7 Å². The second kappa shape index (κ2) is 10.2. The van der Waals surface area contributed by atoms with Crippen LogP contribution in [-0.4, -0.2) is 42.0 Å². The molecule has 0 bridgehead atoms. The highest BCUT2D eigenvalue weighted by Gasteiger charge is 2.30. The monoisotopic (exact) mass is 450 g/mol. The van der Waals surface area contributed by atoms with E-state index < -0.39 is 0 Å². The number of rotatable bonds is 4. The number of aryl methyl sites for hydroxylation is 1. The van der Waals surface area contributed by atoms with E-state index in [1.54, 1.807) is 0 Å². The third-order valence-electron chi connectivity index (χ3n) is 5.51. The van der Waals surface area contributed by atoms with Gasteiger partial charge in [0.2, 0.25) is 5.91 Å². The number of anilines is 1. The van der Waals surface area contributed by atoms with E-state index in [2.05, 4.69) is 9.88 Å². The Balaban J connectivity index is 0.00000160. The van der Waals surface area contributed by atoms with Crippen molar-refractivity contribution in [1.82, 2.24) is 9.88 Å². The standard InChI is InChI=1S/C22H26N4O2.2ClH/c1-15-8-9-19-18(14-15)24-22(28-19)26-12-10-25(11-13-26)21(27)16(2)20(23)17-6-4-3-5-7-17;;/h3-9,14,16,20H,10-13,23H2,1-2H3;2*1H. The maximum Gasteiger partial charge on any atom is 0.298 e. The van der Waals surface area contributed by atoms with Crippen LogP contribution in [0.15, 0.2) is 52.9 Å². The molecule has 1 aliphatic rings. The van der Waals surface area contributed by atoms with E-state index in [9.17, 15) is 4.79 Å². The summed E-state index contributed by atoms with van der Waals surface area (Å²) in [6.07, 6.45) is 0. The second-order valence-corrected chi connectivity index (χ2v) is 7.51.